The van der Waals surface area contributed by atoms with Crippen molar-refractivity contribution in [1.29, 1.82) is 0 Å². The van der Waals surface area contributed by atoms with Gasteiger partial charge in [0.2, 0.25) is 0 Å². The number of hydrogen-bond donors (Lipinski definition) is 1. The van der Waals surface area contributed by atoms with Gasteiger partial charge in [-0.05, 0) is 22.0 Å². The van der Waals surface area contributed by atoms with Crippen molar-refractivity contribution in [2.75, 3.05) is 6.61 Å². The van der Waals surface area contributed by atoms with E-state index in [9.17, 15) is 9.18 Å². The molecule has 0 unspecified atom stereocenters. The largest absolute Gasteiger partial charge is 0.449 e. The van der Waals surface area contributed by atoms with E-state index in [-0.39, 0.29) is 23.9 Å². The summed E-state index contributed by atoms with van der Waals surface area (Å²) < 4.78 is 19.3. The lowest BCUT2D eigenvalue weighted by Gasteiger charge is -2.38. The SMILES string of the molecule is CC1(C)COC(=O)N[C@@H]1c1cccc(Br)c1F. The smallest absolute Gasteiger partial charge is 0.407 e. The molecule has 1 aliphatic rings. The summed E-state index contributed by atoms with van der Waals surface area (Å²) in [6, 6.07) is 4.67. The summed E-state index contributed by atoms with van der Waals surface area (Å²) in [5, 5.41) is 2.67. The zero-order chi connectivity index (χ0) is 12.6. The number of halogens is 2. The molecule has 0 spiro atoms. The van der Waals surface area contributed by atoms with Crippen LogP contribution in [0.5, 0.6) is 0 Å². The van der Waals surface area contributed by atoms with Crippen LogP contribution in [0.2, 0.25) is 0 Å². The number of ether oxygens (including phenoxy) is 1. The van der Waals surface area contributed by atoms with E-state index in [1.165, 1.54) is 0 Å². The number of carbonyl (C=O) groups is 1. The molecule has 0 bridgehead atoms. The molecule has 0 aromatic heterocycles. The van der Waals surface area contributed by atoms with E-state index in [4.69, 9.17) is 4.74 Å². The molecule has 1 heterocycles. The molecule has 1 aromatic rings. The second-order valence-corrected chi connectivity index (χ2v) is 5.64. The Bertz CT molecular complexity index is 462. The van der Waals surface area contributed by atoms with Crippen molar-refractivity contribution >= 4 is 22.0 Å². The van der Waals surface area contributed by atoms with E-state index in [1.807, 2.05) is 13.8 Å². The molecule has 1 saturated heterocycles. The molecule has 3 nitrogen and oxygen atoms in total. The van der Waals surface area contributed by atoms with Crippen LogP contribution in [0.25, 0.3) is 0 Å². The third kappa shape index (κ3) is 2.29. The average molecular weight is 302 g/mol. The van der Waals surface area contributed by atoms with Crippen LogP contribution in [-0.2, 0) is 4.74 Å². The first-order chi connectivity index (χ1) is 7.92. The molecule has 0 saturated carbocycles. The van der Waals surface area contributed by atoms with Gasteiger partial charge < -0.3 is 10.1 Å². The quantitative estimate of drug-likeness (QED) is 0.863. The fraction of sp³-hybridized carbons (Fsp3) is 0.417. The molecule has 0 aliphatic carbocycles. The van der Waals surface area contributed by atoms with Crippen molar-refractivity contribution in [3.8, 4) is 0 Å². The van der Waals surface area contributed by atoms with Crippen LogP contribution in [0, 0.1) is 11.2 Å². The minimum absolute atomic E-state index is 0.273. The molecule has 1 fully saturated rings. The molecule has 1 amide bonds. The summed E-state index contributed by atoms with van der Waals surface area (Å²) in [5.41, 5.74) is 0.122. The lowest BCUT2D eigenvalue weighted by atomic mass is 9.80. The summed E-state index contributed by atoms with van der Waals surface area (Å²) in [6.45, 7) is 4.13. The number of alkyl carbamates (subject to hydrolysis) is 1. The van der Waals surface area contributed by atoms with Gasteiger partial charge in [0.15, 0.2) is 0 Å². The van der Waals surface area contributed by atoms with Crippen LogP contribution in [0.3, 0.4) is 0 Å². The van der Waals surface area contributed by atoms with Crippen molar-refractivity contribution in [3.63, 3.8) is 0 Å². The third-order valence-electron chi connectivity index (χ3n) is 2.91. The van der Waals surface area contributed by atoms with E-state index in [0.717, 1.165) is 0 Å². The monoisotopic (exact) mass is 301 g/mol. The Morgan fingerprint density at radius 3 is 2.94 bits per heavy atom. The maximum atomic E-state index is 14.0. The molecular weight excluding hydrogens is 289 g/mol. The molecule has 5 heteroatoms. The maximum absolute atomic E-state index is 14.0. The van der Waals surface area contributed by atoms with Gasteiger partial charge in [0.1, 0.15) is 12.4 Å². The van der Waals surface area contributed by atoms with Gasteiger partial charge in [0.05, 0.1) is 10.5 Å². The molecule has 1 atom stereocenters. The van der Waals surface area contributed by atoms with E-state index < -0.39 is 6.09 Å². The molecule has 1 aromatic carbocycles. The number of benzene rings is 1. The highest BCUT2D eigenvalue weighted by Gasteiger charge is 2.39. The topological polar surface area (TPSA) is 38.3 Å². The number of cyclic esters (lactones) is 1. The molecule has 92 valence electrons. The number of carbonyl (C=O) groups excluding carboxylic acids is 1. The molecule has 0 radical (unpaired) electrons. The molecule has 1 aliphatic heterocycles. The Labute approximate surface area is 107 Å². The zero-order valence-electron chi connectivity index (χ0n) is 9.59. The Kier molecular flexibility index (Phi) is 3.12. The van der Waals surface area contributed by atoms with Crippen LogP contribution >= 0.6 is 15.9 Å². The van der Waals surface area contributed by atoms with Crippen molar-refractivity contribution in [3.05, 3.63) is 34.1 Å². The van der Waals surface area contributed by atoms with E-state index >= 15 is 0 Å². The molecule has 17 heavy (non-hydrogen) atoms. The fourth-order valence-electron chi connectivity index (χ4n) is 1.93. The van der Waals surface area contributed by atoms with E-state index in [0.29, 0.717) is 10.0 Å². The standard InChI is InChI=1S/C12H13BrFNO2/c1-12(2)6-17-11(16)15-10(12)7-4-3-5-8(13)9(7)14/h3-5,10H,6H2,1-2H3,(H,15,16)/t10-/m1/s1. The first-order valence-electron chi connectivity index (χ1n) is 5.29. The second kappa shape index (κ2) is 4.29. The summed E-state index contributed by atoms with van der Waals surface area (Å²) in [4.78, 5) is 11.3. The Hall–Kier alpha value is -1.10. The maximum Gasteiger partial charge on any atom is 0.407 e. The first-order valence-corrected chi connectivity index (χ1v) is 6.08. The van der Waals surface area contributed by atoms with Gasteiger partial charge in [-0.2, -0.15) is 0 Å². The predicted octanol–water partition coefficient (Wildman–Crippen LogP) is 3.40. The second-order valence-electron chi connectivity index (χ2n) is 4.79. The van der Waals surface area contributed by atoms with Crippen LogP contribution in [0.4, 0.5) is 9.18 Å². The molecule has 1 N–H and O–H groups in total. The van der Waals surface area contributed by atoms with Crippen molar-refractivity contribution in [2.24, 2.45) is 5.41 Å². The van der Waals surface area contributed by atoms with Gasteiger partial charge in [-0.25, -0.2) is 9.18 Å². The van der Waals surface area contributed by atoms with Gasteiger partial charge >= 0.3 is 6.09 Å². The zero-order valence-corrected chi connectivity index (χ0v) is 11.2. The minimum Gasteiger partial charge on any atom is -0.449 e. The summed E-state index contributed by atoms with van der Waals surface area (Å²) >= 11 is 3.15. The van der Waals surface area contributed by atoms with Gasteiger partial charge in [-0.3, -0.25) is 0 Å². The Morgan fingerprint density at radius 1 is 1.53 bits per heavy atom. The highest BCUT2D eigenvalue weighted by Crippen LogP contribution is 2.38. The average Bonchev–Trinajstić information content (AvgIpc) is 2.26. The Morgan fingerprint density at radius 2 is 2.24 bits per heavy atom. The fourth-order valence-corrected chi connectivity index (χ4v) is 2.31. The van der Waals surface area contributed by atoms with Crippen molar-refractivity contribution in [2.45, 2.75) is 19.9 Å². The van der Waals surface area contributed by atoms with E-state index in [1.54, 1.807) is 18.2 Å². The third-order valence-corrected chi connectivity index (χ3v) is 3.52. The van der Waals surface area contributed by atoms with Gasteiger partial charge in [0, 0.05) is 11.0 Å². The number of nitrogens with one attached hydrogen (secondary N) is 1. The summed E-state index contributed by atoms with van der Waals surface area (Å²) in [6.07, 6.45) is -0.506. The number of rotatable bonds is 1. The van der Waals surface area contributed by atoms with Gasteiger partial charge in [-0.1, -0.05) is 26.0 Å². The minimum atomic E-state index is -0.506. The summed E-state index contributed by atoms with van der Waals surface area (Å²) in [5.74, 6) is -0.340. The van der Waals surface area contributed by atoms with Crippen LogP contribution in [-0.4, -0.2) is 12.7 Å². The summed E-state index contributed by atoms with van der Waals surface area (Å²) in [7, 11) is 0. The van der Waals surface area contributed by atoms with Crippen molar-refractivity contribution in [1.82, 2.24) is 5.32 Å². The first kappa shape index (κ1) is 12.4. The van der Waals surface area contributed by atoms with Gasteiger partial charge in [-0.15, -0.1) is 0 Å². The number of hydrogen-bond acceptors (Lipinski definition) is 2. The van der Waals surface area contributed by atoms with Crippen LogP contribution in [0.15, 0.2) is 22.7 Å². The molecular formula is C12H13BrFNO2. The van der Waals surface area contributed by atoms with Crippen LogP contribution in [0.1, 0.15) is 25.5 Å². The van der Waals surface area contributed by atoms with Gasteiger partial charge in [0.25, 0.3) is 0 Å². The Balaban J connectivity index is 2.43. The van der Waals surface area contributed by atoms with Crippen LogP contribution < -0.4 is 5.32 Å². The highest BCUT2D eigenvalue weighted by molar-refractivity contribution is 9.10. The highest BCUT2D eigenvalue weighted by atomic mass is 79.9. The lowest BCUT2D eigenvalue weighted by molar-refractivity contribution is 0.0377. The molecule has 2 rings (SSSR count). The normalized spacial score (nSPS) is 22.8. The van der Waals surface area contributed by atoms with E-state index in [2.05, 4.69) is 21.2 Å². The number of amides is 1. The predicted molar refractivity (Wildman–Crippen MR) is 65.1 cm³/mol. The lowest BCUT2D eigenvalue weighted by Crippen LogP contribution is -2.47. The van der Waals surface area contributed by atoms with Crippen molar-refractivity contribution < 1.29 is 13.9 Å².